The molecule has 6 heteroatoms. The highest BCUT2D eigenvalue weighted by molar-refractivity contribution is 5.98. The summed E-state index contributed by atoms with van der Waals surface area (Å²) in [5.41, 5.74) is 1.68. The molecule has 146 valence electrons. The lowest BCUT2D eigenvalue weighted by Crippen LogP contribution is -2.21. The minimum absolute atomic E-state index is 0.130. The summed E-state index contributed by atoms with van der Waals surface area (Å²) < 4.78 is 12.5. The summed E-state index contributed by atoms with van der Waals surface area (Å²) in [6.45, 7) is 1.94. The number of nitrogens with one attached hydrogen (secondary N) is 1. The highest BCUT2D eigenvalue weighted by Gasteiger charge is 2.19. The minimum atomic E-state index is -0.146. The number of carbonyl (C=O) groups is 1. The summed E-state index contributed by atoms with van der Waals surface area (Å²) in [7, 11) is 4.95. The van der Waals surface area contributed by atoms with Gasteiger partial charge in [0.2, 0.25) is 5.91 Å². The first-order chi connectivity index (χ1) is 13.5. The van der Waals surface area contributed by atoms with Crippen molar-refractivity contribution in [1.82, 2.24) is 4.57 Å². The molecule has 1 N–H and O–H groups in total. The maximum atomic E-state index is 13.4. The number of fused-ring (bicyclic) bond motifs is 1. The number of carbonyl (C=O) groups excluding carboxylic acids is 1. The Hall–Kier alpha value is -3.28. The number of nitrogens with zero attached hydrogens (tertiary/aromatic N) is 1. The Balaban J connectivity index is 2.32. The molecular weight excluding hydrogens is 356 g/mol. The minimum Gasteiger partial charge on any atom is -0.493 e. The second-order valence-electron chi connectivity index (χ2n) is 6.50. The predicted octanol–water partition coefficient (Wildman–Crippen LogP) is 3.96. The van der Waals surface area contributed by atoms with E-state index >= 15 is 0 Å². The molecular formula is C22H24N2O4. The lowest BCUT2D eigenvalue weighted by molar-refractivity contribution is -0.116. The van der Waals surface area contributed by atoms with Crippen LogP contribution in [0.25, 0.3) is 22.0 Å². The number of methoxy groups -OCH3 is 2. The van der Waals surface area contributed by atoms with E-state index in [0.717, 1.165) is 11.9 Å². The second kappa shape index (κ2) is 8.17. The molecule has 0 aliphatic carbocycles. The van der Waals surface area contributed by atoms with Crippen molar-refractivity contribution >= 4 is 22.6 Å². The summed E-state index contributed by atoms with van der Waals surface area (Å²) in [5, 5.41) is 3.52. The fraction of sp³-hybridized carbons (Fsp3) is 0.273. The summed E-state index contributed by atoms with van der Waals surface area (Å²) in [4.78, 5) is 25.7. The lowest BCUT2D eigenvalue weighted by Gasteiger charge is -2.19. The monoisotopic (exact) mass is 380 g/mol. The van der Waals surface area contributed by atoms with Crippen LogP contribution < -0.4 is 20.2 Å². The SMILES string of the molecule is CCCC(=O)Nc1c(-c2ccc(OC)c(OC)c2)c(=O)c2ccccc2n1C. The van der Waals surface area contributed by atoms with E-state index in [2.05, 4.69) is 5.32 Å². The molecule has 0 saturated heterocycles. The highest BCUT2D eigenvalue weighted by atomic mass is 16.5. The molecule has 0 aliphatic heterocycles. The fourth-order valence-electron chi connectivity index (χ4n) is 3.32. The molecule has 3 rings (SSSR count). The quantitative estimate of drug-likeness (QED) is 0.703. The molecule has 1 aromatic heterocycles. The summed E-state index contributed by atoms with van der Waals surface area (Å²) in [6, 6.07) is 12.7. The maximum Gasteiger partial charge on any atom is 0.225 e. The van der Waals surface area contributed by atoms with Crippen LogP contribution >= 0.6 is 0 Å². The molecule has 1 amide bonds. The van der Waals surface area contributed by atoms with Gasteiger partial charge in [-0.25, -0.2) is 0 Å². The molecule has 0 fully saturated rings. The van der Waals surface area contributed by atoms with Crippen molar-refractivity contribution in [2.24, 2.45) is 7.05 Å². The van der Waals surface area contributed by atoms with Crippen LogP contribution in [0.3, 0.4) is 0 Å². The molecule has 0 radical (unpaired) electrons. The van der Waals surface area contributed by atoms with Crippen molar-refractivity contribution in [3.63, 3.8) is 0 Å². The molecule has 3 aromatic rings. The van der Waals surface area contributed by atoms with Crippen molar-refractivity contribution in [3.8, 4) is 22.6 Å². The van der Waals surface area contributed by atoms with Crippen LogP contribution in [0.15, 0.2) is 47.3 Å². The van der Waals surface area contributed by atoms with Gasteiger partial charge in [0, 0.05) is 18.9 Å². The zero-order valence-electron chi connectivity index (χ0n) is 16.5. The number of aromatic nitrogens is 1. The van der Waals surface area contributed by atoms with Crippen LogP contribution in [0.5, 0.6) is 11.5 Å². The number of amides is 1. The summed E-state index contributed by atoms with van der Waals surface area (Å²) in [5.74, 6) is 1.42. The van der Waals surface area contributed by atoms with Gasteiger partial charge in [0.05, 0.1) is 25.3 Å². The second-order valence-corrected chi connectivity index (χ2v) is 6.50. The number of ether oxygens (including phenoxy) is 2. The molecule has 0 atom stereocenters. The molecule has 0 bridgehead atoms. The molecule has 28 heavy (non-hydrogen) atoms. The molecule has 1 heterocycles. The first-order valence-electron chi connectivity index (χ1n) is 9.15. The van der Waals surface area contributed by atoms with E-state index in [1.165, 1.54) is 0 Å². The van der Waals surface area contributed by atoms with Gasteiger partial charge in [0.1, 0.15) is 5.82 Å². The summed E-state index contributed by atoms with van der Waals surface area (Å²) >= 11 is 0. The van der Waals surface area contributed by atoms with Crippen molar-refractivity contribution in [1.29, 1.82) is 0 Å². The van der Waals surface area contributed by atoms with E-state index in [9.17, 15) is 9.59 Å². The van der Waals surface area contributed by atoms with Gasteiger partial charge in [-0.3, -0.25) is 9.59 Å². The van der Waals surface area contributed by atoms with Crippen LogP contribution in [-0.4, -0.2) is 24.7 Å². The van der Waals surface area contributed by atoms with E-state index in [-0.39, 0.29) is 11.3 Å². The number of pyridine rings is 1. The van der Waals surface area contributed by atoms with Crippen LogP contribution in [0, 0.1) is 0 Å². The first-order valence-corrected chi connectivity index (χ1v) is 9.15. The smallest absolute Gasteiger partial charge is 0.225 e. The van der Waals surface area contributed by atoms with Gasteiger partial charge in [-0.15, -0.1) is 0 Å². The normalized spacial score (nSPS) is 10.7. The maximum absolute atomic E-state index is 13.4. The van der Waals surface area contributed by atoms with Crippen LogP contribution in [-0.2, 0) is 11.8 Å². The number of rotatable bonds is 6. The van der Waals surface area contributed by atoms with Crippen molar-refractivity contribution < 1.29 is 14.3 Å². The van der Waals surface area contributed by atoms with Crippen molar-refractivity contribution in [3.05, 3.63) is 52.7 Å². The number of hydrogen-bond acceptors (Lipinski definition) is 4. The number of benzene rings is 2. The van der Waals surface area contributed by atoms with Crippen molar-refractivity contribution in [2.45, 2.75) is 19.8 Å². The third-order valence-corrected chi connectivity index (χ3v) is 4.72. The lowest BCUT2D eigenvalue weighted by atomic mass is 10.0. The molecule has 0 unspecified atom stereocenters. The number of anilines is 1. The van der Waals surface area contributed by atoms with Crippen LogP contribution in [0.2, 0.25) is 0 Å². The Morgan fingerprint density at radius 2 is 1.79 bits per heavy atom. The van der Waals surface area contributed by atoms with E-state index in [0.29, 0.717) is 40.3 Å². The average molecular weight is 380 g/mol. The Bertz CT molecular complexity index is 1090. The topological polar surface area (TPSA) is 69.6 Å². The van der Waals surface area contributed by atoms with Crippen LogP contribution in [0.1, 0.15) is 19.8 Å². The number of para-hydroxylation sites is 1. The molecule has 2 aromatic carbocycles. The van der Waals surface area contributed by atoms with Crippen molar-refractivity contribution in [2.75, 3.05) is 19.5 Å². The Morgan fingerprint density at radius 3 is 2.46 bits per heavy atom. The largest absolute Gasteiger partial charge is 0.493 e. The van der Waals surface area contributed by atoms with Crippen LogP contribution in [0.4, 0.5) is 5.82 Å². The van der Waals surface area contributed by atoms with E-state index in [1.807, 2.05) is 36.7 Å². The average Bonchev–Trinajstić information content (AvgIpc) is 2.71. The molecule has 0 aliphatic rings. The number of hydrogen-bond donors (Lipinski definition) is 1. The summed E-state index contributed by atoms with van der Waals surface area (Å²) in [6.07, 6.45) is 1.10. The zero-order chi connectivity index (χ0) is 20.3. The molecule has 0 saturated carbocycles. The Kier molecular flexibility index (Phi) is 5.68. The fourth-order valence-corrected chi connectivity index (χ4v) is 3.32. The van der Waals surface area contributed by atoms with Gasteiger partial charge < -0.3 is 19.4 Å². The molecule has 0 spiro atoms. The number of aryl methyl sites for hydroxylation is 1. The standard InChI is InChI=1S/C22H24N2O4/c1-5-8-19(25)23-22-20(14-11-12-17(27-3)18(13-14)28-4)21(26)15-9-6-7-10-16(15)24(22)2/h6-7,9-13H,5,8H2,1-4H3,(H,23,25). The van der Waals surface area contributed by atoms with E-state index in [4.69, 9.17) is 9.47 Å². The van der Waals surface area contributed by atoms with Gasteiger partial charge in [-0.1, -0.05) is 25.1 Å². The third kappa shape index (κ3) is 3.45. The van der Waals surface area contributed by atoms with Gasteiger partial charge in [-0.05, 0) is 36.2 Å². The predicted molar refractivity (Wildman–Crippen MR) is 111 cm³/mol. The van der Waals surface area contributed by atoms with E-state index < -0.39 is 0 Å². The third-order valence-electron chi connectivity index (χ3n) is 4.72. The first kappa shape index (κ1) is 19.5. The Morgan fingerprint density at radius 1 is 1.07 bits per heavy atom. The zero-order valence-corrected chi connectivity index (χ0v) is 16.5. The van der Waals surface area contributed by atoms with Gasteiger partial charge in [0.15, 0.2) is 16.9 Å². The Labute approximate surface area is 163 Å². The highest BCUT2D eigenvalue weighted by Crippen LogP contribution is 2.35. The van der Waals surface area contributed by atoms with Gasteiger partial charge in [0.25, 0.3) is 0 Å². The van der Waals surface area contributed by atoms with Gasteiger partial charge in [-0.2, -0.15) is 0 Å². The molecule has 6 nitrogen and oxygen atoms in total. The van der Waals surface area contributed by atoms with Gasteiger partial charge >= 0.3 is 0 Å². The van der Waals surface area contributed by atoms with E-state index in [1.54, 1.807) is 38.5 Å².